The monoisotopic (exact) mass is 637 g/mol. The van der Waals surface area contributed by atoms with Gasteiger partial charge >= 0.3 is 11.9 Å². The minimum Gasteiger partial charge on any atom is -0.463 e. The van der Waals surface area contributed by atoms with Crippen LogP contribution in [0.4, 0.5) is 0 Å². The molecular formula is C39H72O6. The Labute approximate surface area is 277 Å². The van der Waals surface area contributed by atoms with Crippen LogP contribution in [0.5, 0.6) is 0 Å². The highest BCUT2D eigenvalue weighted by atomic mass is 16.6. The fourth-order valence-electron chi connectivity index (χ4n) is 5.81. The number of rotatable bonds is 33. The number of unbranched alkanes of at least 4 members (excludes halogenated alkanes) is 18. The van der Waals surface area contributed by atoms with Crippen molar-refractivity contribution in [2.45, 2.75) is 206 Å². The summed E-state index contributed by atoms with van der Waals surface area (Å²) in [6.45, 7) is 6.60. The molecule has 0 aliphatic carbocycles. The van der Waals surface area contributed by atoms with E-state index in [-0.39, 0.29) is 25.2 Å². The highest BCUT2D eigenvalue weighted by molar-refractivity contribution is 5.69. The summed E-state index contributed by atoms with van der Waals surface area (Å²) in [5.41, 5.74) is 0. The van der Waals surface area contributed by atoms with Gasteiger partial charge in [-0.05, 0) is 44.4 Å². The first kappa shape index (κ1) is 41.6. The smallest absolute Gasteiger partial charge is 0.305 e. The van der Waals surface area contributed by atoms with Crippen molar-refractivity contribution in [1.29, 1.82) is 0 Å². The summed E-state index contributed by atoms with van der Waals surface area (Å²) in [6.07, 6.45) is 34.3. The normalized spacial score (nSPS) is 16.8. The van der Waals surface area contributed by atoms with Crippen LogP contribution in [0.15, 0.2) is 12.2 Å². The van der Waals surface area contributed by atoms with Crippen LogP contribution in [0.2, 0.25) is 0 Å². The lowest BCUT2D eigenvalue weighted by Gasteiger charge is -2.12. The third kappa shape index (κ3) is 28.5. The summed E-state index contributed by atoms with van der Waals surface area (Å²) >= 11 is 0. The molecule has 1 fully saturated rings. The van der Waals surface area contributed by atoms with Crippen molar-refractivity contribution < 1.29 is 28.9 Å². The van der Waals surface area contributed by atoms with Gasteiger partial charge in [-0.15, -0.1) is 0 Å². The molecule has 0 saturated carbocycles. The maximum atomic E-state index is 12.0. The van der Waals surface area contributed by atoms with Gasteiger partial charge in [0.05, 0.1) is 12.2 Å². The third-order valence-corrected chi connectivity index (χ3v) is 8.85. The second-order valence-corrected chi connectivity index (χ2v) is 13.9. The molecule has 6 heteroatoms. The average Bonchev–Trinajstić information content (AvgIpc) is 3.77. The molecule has 0 bridgehead atoms. The Morgan fingerprint density at radius 2 is 1.13 bits per heavy atom. The van der Waals surface area contributed by atoms with Crippen LogP contribution in [0.1, 0.15) is 188 Å². The first-order valence-corrected chi connectivity index (χ1v) is 19.2. The van der Waals surface area contributed by atoms with E-state index in [0.717, 1.165) is 57.3 Å². The first-order valence-electron chi connectivity index (χ1n) is 19.2. The Bertz CT molecular complexity index is 720. The lowest BCUT2D eigenvalue weighted by atomic mass is 10.0. The zero-order chi connectivity index (χ0) is 32.8. The van der Waals surface area contributed by atoms with Gasteiger partial charge in [-0.3, -0.25) is 9.59 Å². The van der Waals surface area contributed by atoms with Gasteiger partial charge in [0.15, 0.2) is 0 Å². The summed E-state index contributed by atoms with van der Waals surface area (Å²) in [6, 6.07) is 0. The summed E-state index contributed by atoms with van der Waals surface area (Å²) in [5, 5.41) is 10.0. The number of hydrogen-bond donors (Lipinski definition) is 1. The highest BCUT2D eigenvalue weighted by Crippen LogP contribution is 2.30. The molecule has 0 aromatic rings. The van der Waals surface area contributed by atoms with Gasteiger partial charge in [0, 0.05) is 12.8 Å². The molecule has 1 rings (SSSR count). The second-order valence-electron chi connectivity index (χ2n) is 13.9. The van der Waals surface area contributed by atoms with Crippen LogP contribution in [0.25, 0.3) is 0 Å². The van der Waals surface area contributed by atoms with Crippen molar-refractivity contribution in [2.75, 3.05) is 13.2 Å². The van der Waals surface area contributed by atoms with Crippen molar-refractivity contribution in [3.63, 3.8) is 0 Å². The number of allylic oxidation sites excluding steroid dienone is 1. The van der Waals surface area contributed by atoms with Crippen LogP contribution in [0, 0.1) is 5.92 Å². The van der Waals surface area contributed by atoms with E-state index in [0.29, 0.717) is 25.0 Å². The Balaban J connectivity index is 1.81. The van der Waals surface area contributed by atoms with Crippen LogP contribution in [-0.2, 0) is 23.8 Å². The number of carbonyl (C=O) groups excluding carboxylic acids is 2. The van der Waals surface area contributed by atoms with Crippen LogP contribution in [0.3, 0.4) is 0 Å². The Kier molecular flexibility index (Phi) is 27.7. The van der Waals surface area contributed by atoms with E-state index in [4.69, 9.17) is 14.2 Å². The quantitative estimate of drug-likeness (QED) is 0.0334. The molecule has 1 saturated heterocycles. The van der Waals surface area contributed by atoms with E-state index >= 15 is 0 Å². The predicted octanol–water partition coefficient (Wildman–Crippen LogP) is 10.6. The topological polar surface area (TPSA) is 85.4 Å². The molecule has 45 heavy (non-hydrogen) atoms. The lowest BCUT2D eigenvalue weighted by molar-refractivity contribution is -0.152. The number of aliphatic hydroxyl groups is 1. The molecule has 0 spiro atoms. The molecule has 2 unspecified atom stereocenters. The Morgan fingerprint density at radius 1 is 0.644 bits per heavy atom. The van der Waals surface area contributed by atoms with Gasteiger partial charge in [0.1, 0.15) is 19.3 Å². The maximum absolute atomic E-state index is 12.0. The first-order chi connectivity index (χ1) is 21.9. The van der Waals surface area contributed by atoms with Gasteiger partial charge in [0.25, 0.3) is 0 Å². The Morgan fingerprint density at radius 3 is 1.64 bits per heavy atom. The molecular weight excluding hydrogens is 564 g/mol. The number of carbonyl (C=O) groups is 2. The van der Waals surface area contributed by atoms with Gasteiger partial charge < -0.3 is 19.3 Å². The van der Waals surface area contributed by atoms with E-state index in [9.17, 15) is 14.7 Å². The van der Waals surface area contributed by atoms with Crippen LogP contribution >= 0.6 is 0 Å². The van der Waals surface area contributed by atoms with Gasteiger partial charge in [-0.2, -0.15) is 0 Å². The summed E-state index contributed by atoms with van der Waals surface area (Å²) < 4.78 is 16.0. The minimum absolute atomic E-state index is 0.120. The fraction of sp³-hybridized carbons (Fsp3) is 0.897. The maximum Gasteiger partial charge on any atom is 0.305 e. The van der Waals surface area contributed by atoms with Crippen LogP contribution < -0.4 is 0 Å². The largest absolute Gasteiger partial charge is 0.463 e. The summed E-state index contributed by atoms with van der Waals surface area (Å²) in [7, 11) is 0. The number of epoxide rings is 1. The minimum atomic E-state index is -0.968. The fourth-order valence-corrected chi connectivity index (χ4v) is 5.81. The molecule has 3 atom stereocenters. The number of ether oxygens (including phenoxy) is 3. The molecule has 0 aromatic heterocycles. The highest BCUT2D eigenvalue weighted by Gasteiger charge is 2.36. The van der Waals surface area contributed by atoms with Gasteiger partial charge in [-0.1, -0.05) is 148 Å². The summed E-state index contributed by atoms with van der Waals surface area (Å²) in [5.74, 6) is 0.260. The molecule has 264 valence electrons. The van der Waals surface area contributed by atoms with Crippen molar-refractivity contribution in [1.82, 2.24) is 0 Å². The van der Waals surface area contributed by atoms with Gasteiger partial charge in [0.2, 0.25) is 0 Å². The molecule has 6 nitrogen and oxygen atoms in total. The van der Waals surface area contributed by atoms with E-state index < -0.39 is 6.10 Å². The van der Waals surface area contributed by atoms with Crippen molar-refractivity contribution >= 4 is 11.9 Å². The molecule has 1 heterocycles. The van der Waals surface area contributed by atoms with E-state index in [1.165, 1.54) is 103 Å². The predicted molar refractivity (Wildman–Crippen MR) is 186 cm³/mol. The average molecular weight is 637 g/mol. The number of esters is 2. The number of aliphatic hydroxyl groups excluding tert-OH is 1. The molecule has 1 aliphatic rings. The van der Waals surface area contributed by atoms with E-state index in [1.807, 2.05) is 0 Å². The molecule has 0 radical (unpaired) electrons. The second kappa shape index (κ2) is 30.0. The SMILES string of the molecule is CCCCCC1OC1C/C=C\CCCCCCCC(=O)OC[C@@H](O)COC(=O)CCCCCCCCCCCCCCC(C)C. The molecule has 1 N–H and O–H groups in total. The molecule has 0 amide bonds. The lowest BCUT2D eigenvalue weighted by Crippen LogP contribution is -2.25. The van der Waals surface area contributed by atoms with E-state index in [1.54, 1.807) is 0 Å². The number of hydrogen-bond acceptors (Lipinski definition) is 6. The van der Waals surface area contributed by atoms with E-state index in [2.05, 4.69) is 32.9 Å². The zero-order valence-corrected chi connectivity index (χ0v) is 29.8. The molecule has 1 aliphatic heterocycles. The summed E-state index contributed by atoms with van der Waals surface area (Å²) in [4.78, 5) is 23.9. The zero-order valence-electron chi connectivity index (χ0n) is 29.8. The van der Waals surface area contributed by atoms with Crippen molar-refractivity contribution in [3.8, 4) is 0 Å². The van der Waals surface area contributed by atoms with Crippen molar-refractivity contribution in [2.24, 2.45) is 5.92 Å². The third-order valence-electron chi connectivity index (χ3n) is 8.85. The standard InChI is InChI=1S/C39H72O6/c1-4-5-22-28-36-37(45-36)29-24-19-15-12-13-17-21-26-31-39(42)44-33-35(40)32-43-38(41)30-25-20-16-11-9-7-6-8-10-14-18-23-27-34(2)3/h19,24,34-37,40H,4-18,20-23,25-33H2,1-3H3/b24-19-/t35-,36?,37?/m0/s1. The van der Waals surface area contributed by atoms with Crippen LogP contribution in [-0.4, -0.2) is 48.6 Å². The van der Waals surface area contributed by atoms with Gasteiger partial charge in [-0.25, -0.2) is 0 Å². The van der Waals surface area contributed by atoms with Crippen molar-refractivity contribution in [3.05, 3.63) is 12.2 Å². The molecule has 0 aromatic carbocycles. The Hall–Kier alpha value is -1.40.